The van der Waals surface area contributed by atoms with Gasteiger partial charge in [0.1, 0.15) is 6.61 Å². The van der Waals surface area contributed by atoms with Crippen molar-refractivity contribution in [2.75, 3.05) is 17.2 Å². The minimum Gasteiger partial charge on any atom is -0.475 e. The molecule has 0 aromatic heterocycles. The highest BCUT2D eigenvalue weighted by atomic mass is 32.2. The fraction of sp³-hybridized carbons (Fsp3) is 0.133. The fourth-order valence-electron chi connectivity index (χ4n) is 4.28. The van der Waals surface area contributed by atoms with Crippen molar-refractivity contribution >= 4 is 33.3 Å². The number of sulfonamides is 1. The quantitative estimate of drug-likeness (QED) is 0.219. The number of rotatable bonds is 9. The molecule has 0 spiro atoms. The van der Waals surface area contributed by atoms with E-state index in [1.165, 1.54) is 29.8 Å². The van der Waals surface area contributed by atoms with Crippen LogP contribution in [0, 0.1) is 17.5 Å². The van der Waals surface area contributed by atoms with Gasteiger partial charge >= 0.3 is 6.03 Å². The molecule has 12 heteroatoms. The molecular formula is C30H25F3N4O4S. The monoisotopic (exact) mass is 594 g/mol. The molecule has 3 N–H and O–H groups in total. The van der Waals surface area contributed by atoms with Crippen LogP contribution in [0.5, 0.6) is 0 Å². The van der Waals surface area contributed by atoms with Crippen LogP contribution in [0.15, 0.2) is 101 Å². The summed E-state index contributed by atoms with van der Waals surface area (Å²) in [5, 5.41) is 5.34. The first kappa shape index (κ1) is 28.8. The lowest BCUT2D eigenvalue weighted by Gasteiger charge is -2.11. The van der Waals surface area contributed by atoms with Crippen molar-refractivity contribution in [3.05, 3.63) is 125 Å². The standard InChI is InChI=1S/C30H25F3N4O4S/c31-26-14-20(15-27(32)28(26)33)17-34-42(39,40)25-11-9-22(10-12-25)36-30(38)37-23-8-4-7-21(16-23)29-35-24(18-41-29)13-19-5-2-1-3-6-19/h1-12,14-16,24,34H,13,17-18H2,(H2,36,37,38)/t24-/m0/s1. The van der Waals surface area contributed by atoms with Crippen LogP contribution in [0.3, 0.4) is 0 Å². The summed E-state index contributed by atoms with van der Waals surface area (Å²) in [5.74, 6) is -3.97. The Kier molecular flexibility index (Phi) is 8.55. The van der Waals surface area contributed by atoms with E-state index in [-0.39, 0.29) is 16.5 Å². The molecule has 5 rings (SSSR count). The predicted molar refractivity (Wildman–Crippen MR) is 152 cm³/mol. The molecular weight excluding hydrogens is 569 g/mol. The smallest absolute Gasteiger partial charge is 0.323 e. The van der Waals surface area contributed by atoms with Crippen molar-refractivity contribution in [2.45, 2.75) is 23.9 Å². The zero-order valence-corrected chi connectivity index (χ0v) is 22.8. The zero-order valence-electron chi connectivity index (χ0n) is 22.0. The number of halogens is 3. The minimum absolute atomic E-state index is 0.00166. The number of urea groups is 1. The lowest BCUT2D eigenvalue weighted by Crippen LogP contribution is -2.23. The average Bonchev–Trinajstić information content (AvgIpc) is 3.44. The van der Waals surface area contributed by atoms with Gasteiger partial charge in [0, 0.05) is 23.5 Å². The van der Waals surface area contributed by atoms with E-state index in [0.717, 1.165) is 12.0 Å². The summed E-state index contributed by atoms with van der Waals surface area (Å²) >= 11 is 0. The zero-order chi connectivity index (χ0) is 29.7. The van der Waals surface area contributed by atoms with E-state index >= 15 is 0 Å². The second-order valence-corrected chi connectivity index (χ2v) is 11.2. The third kappa shape index (κ3) is 7.14. The van der Waals surface area contributed by atoms with Gasteiger partial charge in [-0.25, -0.2) is 36.1 Å². The number of amides is 2. The van der Waals surface area contributed by atoms with Crippen molar-refractivity contribution in [3.63, 3.8) is 0 Å². The summed E-state index contributed by atoms with van der Waals surface area (Å²) in [6, 6.07) is 23.2. The number of carbonyl (C=O) groups is 1. The van der Waals surface area contributed by atoms with Crippen LogP contribution in [0.4, 0.5) is 29.3 Å². The van der Waals surface area contributed by atoms with Gasteiger partial charge in [-0.1, -0.05) is 36.4 Å². The Morgan fingerprint density at radius 1 is 0.833 bits per heavy atom. The average molecular weight is 595 g/mol. The van der Waals surface area contributed by atoms with Crippen molar-refractivity contribution in [3.8, 4) is 0 Å². The van der Waals surface area contributed by atoms with Crippen LogP contribution >= 0.6 is 0 Å². The summed E-state index contributed by atoms with van der Waals surface area (Å²) in [6.07, 6.45) is 0.759. The van der Waals surface area contributed by atoms with Gasteiger partial charge in [0.2, 0.25) is 15.9 Å². The predicted octanol–water partition coefficient (Wildman–Crippen LogP) is 5.61. The third-order valence-electron chi connectivity index (χ3n) is 6.33. The molecule has 0 bridgehead atoms. The van der Waals surface area contributed by atoms with Crippen LogP contribution in [-0.4, -0.2) is 33.0 Å². The maximum absolute atomic E-state index is 13.4. The Labute approximate surface area is 240 Å². The lowest BCUT2D eigenvalue weighted by atomic mass is 10.1. The van der Waals surface area contributed by atoms with Crippen LogP contribution in [0.1, 0.15) is 16.7 Å². The van der Waals surface area contributed by atoms with Crippen LogP contribution in [0.2, 0.25) is 0 Å². The van der Waals surface area contributed by atoms with E-state index in [4.69, 9.17) is 4.74 Å². The third-order valence-corrected chi connectivity index (χ3v) is 7.74. The van der Waals surface area contributed by atoms with E-state index in [1.54, 1.807) is 18.2 Å². The largest absolute Gasteiger partial charge is 0.475 e. The van der Waals surface area contributed by atoms with Gasteiger partial charge in [0.25, 0.3) is 0 Å². The van der Waals surface area contributed by atoms with E-state index in [2.05, 4.69) is 20.3 Å². The topological polar surface area (TPSA) is 109 Å². The number of anilines is 2. The van der Waals surface area contributed by atoms with Crippen LogP contribution in [-0.2, 0) is 27.7 Å². The van der Waals surface area contributed by atoms with E-state index in [1.807, 2.05) is 36.4 Å². The number of aliphatic imine (C=N–C) groups is 1. The molecule has 4 aromatic rings. The van der Waals surface area contributed by atoms with Gasteiger partial charge in [0.15, 0.2) is 17.5 Å². The SMILES string of the molecule is O=C(Nc1ccc(S(=O)(=O)NCc2cc(F)c(F)c(F)c2)cc1)Nc1cccc(C2=N[C@@H](Cc3ccccc3)CO2)c1. The number of nitrogens with one attached hydrogen (secondary N) is 3. The Bertz CT molecular complexity index is 1710. The van der Waals surface area contributed by atoms with Crippen molar-refractivity contribution in [2.24, 2.45) is 4.99 Å². The second-order valence-electron chi connectivity index (χ2n) is 9.47. The van der Waals surface area contributed by atoms with Gasteiger partial charge in [-0.05, 0) is 72.1 Å². The Morgan fingerprint density at radius 2 is 1.52 bits per heavy atom. The molecule has 0 saturated carbocycles. The molecule has 42 heavy (non-hydrogen) atoms. The van der Waals surface area contributed by atoms with Crippen molar-refractivity contribution in [1.82, 2.24) is 4.72 Å². The first-order valence-electron chi connectivity index (χ1n) is 12.8. The van der Waals surface area contributed by atoms with Crippen LogP contribution < -0.4 is 15.4 Å². The molecule has 2 amide bonds. The Hall–Kier alpha value is -4.68. The first-order chi connectivity index (χ1) is 20.2. The van der Waals surface area contributed by atoms with E-state index in [9.17, 15) is 26.4 Å². The highest BCUT2D eigenvalue weighted by molar-refractivity contribution is 7.89. The highest BCUT2D eigenvalue weighted by Crippen LogP contribution is 2.20. The summed E-state index contributed by atoms with van der Waals surface area (Å²) in [4.78, 5) is 17.1. The normalized spacial score (nSPS) is 14.6. The molecule has 0 unspecified atom stereocenters. The maximum atomic E-state index is 13.4. The molecule has 1 heterocycles. The highest BCUT2D eigenvalue weighted by Gasteiger charge is 2.21. The summed E-state index contributed by atoms with van der Waals surface area (Å²) < 4.78 is 73.1. The van der Waals surface area contributed by atoms with Gasteiger partial charge < -0.3 is 15.4 Å². The van der Waals surface area contributed by atoms with Gasteiger partial charge in [-0.3, -0.25) is 0 Å². The molecule has 1 aliphatic heterocycles. The lowest BCUT2D eigenvalue weighted by molar-refractivity contribution is 0.262. The molecule has 0 fully saturated rings. The summed E-state index contributed by atoms with van der Waals surface area (Å²) in [5.41, 5.74) is 2.62. The molecule has 216 valence electrons. The molecule has 4 aromatic carbocycles. The number of hydrogen-bond acceptors (Lipinski definition) is 5. The molecule has 1 aliphatic rings. The number of benzene rings is 4. The molecule has 0 aliphatic carbocycles. The number of carbonyl (C=O) groups excluding carboxylic acids is 1. The molecule has 1 atom stereocenters. The van der Waals surface area contributed by atoms with Crippen LogP contribution in [0.25, 0.3) is 0 Å². The molecule has 8 nitrogen and oxygen atoms in total. The number of ether oxygens (including phenoxy) is 1. The van der Waals surface area contributed by atoms with Gasteiger partial charge in [-0.2, -0.15) is 0 Å². The maximum Gasteiger partial charge on any atom is 0.323 e. The van der Waals surface area contributed by atoms with Crippen molar-refractivity contribution < 1.29 is 31.1 Å². The van der Waals surface area contributed by atoms with E-state index in [0.29, 0.717) is 36.0 Å². The minimum atomic E-state index is -4.06. The van der Waals surface area contributed by atoms with E-state index < -0.39 is 40.1 Å². The second kappa shape index (κ2) is 12.5. The fourth-order valence-corrected chi connectivity index (χ4v) is 5.29. The van der Waals surface area contributed by atoms with Gasteiger partial charge in [0.05, 0.1) is 10.9 Å². The molecule has 0 radical (unpaired) electrons. The van der Waals surface area contributed by atoms with Gasteiger partial charge in [-0.15, -0.1) is 0 Å². The number of nitrogens with zero attached hydrogens (tertiary/aromatic N) is 1. The van der Waals surface area contributed by atoms with Crippen molar-refractivity contribution in [1.29, 1.82) is 0 Å². The molecule has 0 saturated heterocycles. The summed E-state index contributed by atoms with van der Waals surface area (Å²) in [7, 11) is -4.06. The first-order valence-corrected chi connectivity index (χ1v) is 14.3. The number of hydrogen-bond donors (Lipinski definition) is 3. The Balaban J connectivity index is 1.16. The Morgan fingerprint density at radius 3 is 2.24 bits per heavy atom. The summed E-state index contributed by atoms with van der Waals surface area (Å²) in [6.45, 7) is 0.00994.